The minimum atomic E-state index is 0.216. The van der Waals surface area contributed by atoms with Gasteiger partial charge in [-0.15, -0.1) is 0 Å². The van der Waals surface area contributed by atoms with Crippen LogP contribution in [0.4, 0.5) is 0 Å². The van der Waals surface area contributed by atoms with Gasteiger partial charge in [0, 0.05) is 41.8 Å². The molecule has 1 saturated heterocycles. The highest BCUT2D eigenvalue weighted by Gasteiger charge is 2.31. The number of nitrogens with zero attached hydrogens (tertiary/aromatic N) is 2. The molecule has 4 heteroatoms. The fourth-order valence-corrected chi connectivity index (χ4v) is 4.56. The van der Waals surface area contributed by atoms with Crippen LogP contribution < -0.4 is 0 Å². The number of benzene rings is 2. The average molecular weight is 405 g/mol. The fraction of sp³-hybridized carbons (Fsp3) is 0.478. The SMILES string of the molecule is Cc1cc(Cl)ccc1C(c1ccc(Cl)cc1C)N1CCN(C(C)(C)C)CC1. The molecule has 0 aliphatic carbocycles. The maximum atomic E-state index is 6.24. The van der Waals surface area contributed by atoms with Gasteiger partial charge < -0.3 is 0 Å². The first-order valence-corrected chi connectivity index (χ1v) is 10.4. The summed E-state index contributed by atoms with van der Waals surface area (Å²) in [5, 5.41) is 1.58. The minimum absolute atomic E-state index is 0.216. The summed E-state index contributed by atoms with van der Waals surface area (Å²) in [6.07, 6.45) is 0. The maximum Gasteiger partial charge on any atom is 0.0607 e. The van der Waals surface area contributed by atoms with Gasteiger partial charge in [-0.05, 0) is 81.1 Å². The van der Waals surface area contributed by atoms with Crippen molar-refractivity contribution in [3.63, 3.8) is 0 Å². The summed E-state index contributed by atoms with van der Waals surface area (Å²) in [4.78, 5) is 5.18. The first-order valence-electron chi connectivity index (χ1n) is 9.68. The lowest BCUT2D eigenvalue weighted by Gasteiger charge is -2.45. The Morgan fingerprint density at radius 1 is 0.778 bits per heavy atom. The van der Waals surface area contributed by atoms with E-state index in [-0.39, 0.29) is 11.6 Å². The van der Waals surface area contributed by atoms with Crippen LogP contribution in [-0.4, -0.2) is 41.5 Å². The number of aryl methyl sites for hydroxylation is 2. The number of hydrogen-bond acceptors (Lipinski definition) is 2. The summed E-state index contributed by atoms with van der Waals surface area (Å²) in [6.45, 7) is 15.5. The predicted octanol–water partition coefficient (Wildman–Crippen LogP) is 6.12. The summed E-state index contributed by atoms with van der Waals surface area (Å²) in [5.74, 6) is 0. The molecule has 2 aromatic carbocycles. The van der Waals surface area contributed by atoms with E-state index in [9.17, 15) is 0 Å². The molecule has 0 bridgehead atoms. The van der Waals surface area contributed by atoms with Crippen LogP contribution in [0, 0.1) is 13.8 Å². The van der Waals surface area contributed by atoms with Gasteiger partial charge in [0.25, 0.3) is 0 Å². The minimum Gasteiger partial charge on any atom is -0.296 e. The average Bonchev–Trinajstić information content (AvgIpc) is 2.58. The highest BCUT2D eigenvalue weighted by atomic mass is 35.5. The zero-order chi connectivity index (χ0) is 19.8. The molecule has 0 spiro atoms. The molecule has 1 aliphatic heterocycles. The zero-order valence-electron chi connectivity index (χ0n) is 17.0. The third-order valence-corrected chi connectivity index (χ3v) is 6.15. The Morgan fingerprint density at radius 3 is 1.59 bits per heavy atom. The second kappa shape index (κ2) is 8.13. The molecule has 0 radical (unpaired) electrons. The molecule has 0 aromatic heterocycles. The van der Waals surface area contributed by atoms with E-state index in [1.807, 2.05) is 12.1 Å². The normalized spacial score (nSPS) is 16.9. The van der Waals surface area contributed by atoms with Crippen LogP contribution in [0.15, 0.2) is 36.4 Å². The zero-order valence-corrected chi connectivity index (χ0v) is 18.5. The van der Waals surface area contributed by atoms with Gasteiger partial charge in [-0.1, -0.05) is 35.3 Å². The molecule has 0 amide bonds. The Bertz CT molecular complexity index is 751. The van der Waals surface area contributed by atoms with Crippen molar-refractivity contribution in [1.82, 2.24) is 9.80 Å². The third-order valence-electron chi connectivity index (χ3n) is 5.68. The maximum absolute atomic E-state index is 6.24. The van der Waals surface area contributed by atoms with Crippen molar-refractivity contribution in [3.05, 3.63) is 68.7 Å². The summed E-state index contributed by atoms with van der Waals surface area (Å²) in [6, 6.07) is 12.8. The first kappa shape index (κ1) is 20.7. The molecule has 146 valence electrons. The van der Waals surface area contributed by atoms with Gasteiger partial charge in [-0.25, -0.2) is 0 Å². The van der Waals surface area contributed by atoms with Crippen LogP contribution in [0.2, 0.25) is 10.0 Å². The van der Waals surface area contributed by atoms with Gasteiger partial charge in [0.2, 0.25) is 0 Å². The first-order chi connectivity index (χ1) is 12.7. The Balaban J connectivity index is 1.98. The summed E-state index contributed by atoms with van der Waals surface area (Å²) in [5.41, 5.74) is 5.34. The number of hydrogen-bond donors (Lipinski definition) is 0. The molecular formula is C23H30Cl2N2. The van der Waals surface area contributed by atoms with Gasteiger partial charge in [0.05, 0.1) is 6.04 Å². The van der Waals surface area contributed by atoms with Crippen molar-refractivity contribution in [2.24, 2.45) is 0 Å². The van der Waals surface area contributed by atoms with E-state index in [2.05, 4.69) is 68.7 Å². The molecule has 27 heavy (non-hydrogen) atoms. The Kier molecular flexibility index (Phi) is 6.22. The highest BCUT2D eigenvalue weighted by molar-refractivity contribution is 6.31. The predicted molar refractivity (Wildman–Crippen MR) is 117 cm³/mol. The quantitative estimate of drug-likeness (QED) is 0.607. The molecule has 0 unspecified atom stereocenters. The molecule has 0 saturated carbocycles. The van der Waals surface area contributed by atoms with E-state index in [4.69, 9.17) is 23.2 Å². The van der Waals surface area contributed by atoms with Gasteiger partial charge in [0.15, 0.2) is 0 Å². The van der Waals surface area contributed by atoms with Crippen LogP contribution >= 0.6 is 23.2 Å². The number of piperazine rings is 1. The van der Waals surface area contributed by atoms with Crippen molar-refractivity contribution in [1.29, 1.82) is 0 Å². The van der Waals surface area contributed by atoms with Crippen LogP contribution in [0.3, 0.4) is 0 Å². The van der Waals surface area contributed by atoms with Crippen molar-refractivity contribution >= 4 is 23.2 Å². The van der Waals surface area contributed by atoms with E-state index in [1.165, 1.54) is 22.3 Å². The largest absolute Gasteiger partial charge is 0.296 e. The number of rotatable bonds is 3. The molecule has 3 rings (SSSR count). The molecule has 1 aliphatic rings. The van der Waals surface area contributed by atoms with E-state index in [0.717, 1.165) is 36.2 Å². The summed E-state index contributed by atoms with van der Waals surface area (Å²) >= 11 is 12.5. The topological polar surface area (TPSA) is 6.48 Å². The van der Waals surface area contributed by atoms with Crippen LogP contribution in [-0.2, 0) is 0 Å². The molecule has 0 N–H and O–H groups in total. The standard InChI is InChI=1S/C23H30Cl2N2/c1-16-14-18(24)6-8-20(16)22(21-9-7-19(25)15-17(21)2)26-10-12-27(13-11-26)23(3,4)5/h6-9,14-15,22H,10-13H2,1-5H3. The fourth-order valence-electron chi connectivity index (χ4n) is 4.10. The molecule has 2 aromatic rings. The van der Waals surface area contributed by atoms with Gasteiger partial charge in [0.1, 0.15) is 0 Å². The smallest absolute Gasteiger partial charge is 0.0607 e. The Hall–Kier alpha value is -1.06. The Labute approximate surface area is 174 Å². The van der Waals surface area contributed by atoms with Crippen molar-refractivity contribution < 1.29 is 0 Å². The van der Waals surface area contributed by atoms with E-state index < -0.39 is 0 Å². The summed E-state index contributed by atoms with van der Waals surface area (Å²) < 4.78 is 0. The second-order valence-electron chi connectivity index (χ2n) is 8.60. The van der Waals surface area contributed by atoms with Crippen molar-refractivity contribution in [2.45, 2.75) is 46.2 Å². The lowest BCUT2D eigenvalue weighted by atomic mass is 9.90. The van der Waals surface area contributed by atoms with E-state index >= 15 is 0 Å². The lowest BCUT2D eigenvalue weighted by molar-refractivity contribution is 0.0491. The van der Waals surface area contributed by atoms with Crippen molar-refractivity contribution in [2.75, 3.05) is 26.2 Å². The highest BCUT2D eigenvalue weighted by Crippen LogP contribution is 2.35. The monoisotopic (exact) mass is 404 g/mol. The molecule has 1 heterocycles. The van der Waals surface area contributed by atoms with E-state index in [0.29, 0.717) is 0 Å². The van der Waals surface area contributed by atoms with E-state index in [1.54, 1.807) is 0 Å². The number of halogens is 2. The third kappa shape index (κ3) is 4.68. The van der Waals surface area contributed by atoms with Gasteiger partial charge in [-0.2, -0.15) is 0 Å². The molecule has 1 fully saturated rings. The second-order valence-corrected chi connectivity index (χ2v) is 9.47. The van der Waals surface area contributed by atoms with Gasteiger partial charge in [-0.3, -0.25) is 9.80 Å². The molecule has 0 atom stereocenters. The van der Waals surface area contributed by atoms with Crippen LogP contribution in [0.5, 0.6) is 0 Å². The summed E-state index contributed by atoms with van der Waals surface area (Å²) in [7, 11) is 0. The molecular weight excluding hydrogens is 375 g/mol. The molecule has 2 nitrogen and oxygen atoms in total. The van der Waals surface area contributed by atoms with Crippen LogP contribution in [0.25, 0.3) is 0 Å². The van der Waals surface area contributed by atoms with Gasteiger partial charge >= 0.3 is 0 Å². The lowest BCUT2D eigenvalue weighted by Crippen LogP contribution is -2.54. The Morgan fingerprint density at radius 2 is 1.22 bits per heavy atom. The van der Waals surface area contributed by atoms with Crippen LogP contribution in [0.1, 0.15) is 49.1 Å². The van der Waals surface area contributed by atoms with Crippen molar-refractivity contribution in [3.8, 4) is 0 Å².